The predicted octanol–water partition coefficient (Wildman–Crippen LogP) is 7.46. The summed E-state index contributed by atoms with van der Waals surface area (Å²) in [6.07, 6.45) is 1.96. The second kappa shape index (κ2) is 8.10. The Hall–Kier alpha value is -2.48. The van der Waals surface area contributed by atoms with Gasteiger partial charge in [-0.15, -0.1) is 0 Å². The largest absolute Gasteiger partial charge is 0.507 e. The van der Waals surface area contributed by atoms with Crippen LogP contribution >= 0.6 is 0 Å². The normalized spacial score (nSPS) is 14.1. The van der Waals surface area contributed by atoms with E-state index in [1.807, 2.05) is 44.2 Å². The van der Waals surface area contributed by atoms with E-state index in [0.29, 0.717) is 17.4 Å². The zero-order chi connectivity index (χ0) is 21.3. The van der Waals surface area contributed by atoms with Gasteiger partial charge >= 0.3 is 0 Å². The number of hydrogen-bond donors (Lipinski definition) is 2. The van der Waals surface area contributed by atoms with Gasteiger partial charge in [0.25, 0.3) is 0 Å². The Morgan fingerprint density at radius 2 is 1.55 bits per heavy atom. The number of rotatable bonds is 5. The van der Waals surface area contributed by atoms with Crippen LogP contribution in [0.5, 0.6) is 11.5 Å². The van der Waals surface area contributed by atoms with Gasteiger partial charge in [0.2, 0.25) is 0 Å². The number of para-hydroxylation sites is 1. The molecule has 3 rings (SSSR count). The van der Waals surface area contributed by atoms with Gasteiger partial charge in [-0.05, 0) is 66.0 Å². The van der Waals surface area contributed by atoms with Crippen molar-refractivity contribution in [2.45, 2.75) is 60.3 Å². The molecule has 0 spiro atoms. The summed E-state index contributed by atoms with van der Waals surface area (Å²) in [5.41, 5.74) is 3.81. The van der Waals surface area contributed by atoms with Gasteiger partial charge in [0, 0.05) is 17.0 Å². The van der Waals surface area contributed by atoms with Gasteiger partial charge in [-0.2, -0.15) is 0 Å². The topological polar surface area (TPSA) is 40.5 Å². The third-order valence-corrected chi connectivity index (χ3v) is 5.92. The van der Waals surface area contributed by atoms with Crippen LogP contribution in [0.3, 0.4) is 0 Å². The molecule has 0 heterocycles. The molecule has 0 fully saturated rings. The fraction of sp³-hybridized carbons (Fsp3) is 0.407. The molecule has 0 saturated heterocycles. The first-order chi connectivity index (χ1) is 13.6. The number of phenols is 2. The van der Waals surface area contributed by atoms with Crippen molar-refractivity contribution in [1.82, 2.24) is 0 Å². The van der Waals surface area contributed by atoms with Gasteiger partial charge < -0.3 is 10.2 Å². The van der Waals surface area contributed by atoms with E-state index < -0.39 is 0 Å². The van der Waals surface area contributed by atoms with Gasteiger partial charge in [0.15, 0.2) is 0 Å². The highest BCUT2D eigenvalue weighted by Crippen LogP contribution is 2.45. The van der Waals surface area contributed by atoms with E-state index in [2.05, 4.69) is 45.9 Å². The average Bonchev–Trinajstić information content (AvgIpc) is 2.64. The van der Waals surface area contributed by atoms with Crippen molar-refractivity contribution in [3.8, 4) is 11.5 Å². The predicted molar refractivity (Wildman–Crippen MR) is 123 cm³/mol. The molecule has 0 amide bonds. The average molecular weight is 391 g/mol. The second-order valence-electron chi connectivity index (χ2n) is 9.83. The molecule has 0 radical (unpaired) electrons. The highest BCUT2D eigenvalue weighted by Gasteiger charge is 2.27. The lowest BCUT2D eigenvalue weighted by Gasteiger charge is -2.29. The Kier molecular flexibility index (Phi) is 5.93. The maximum atomic E-state index is 11.2. The zero-order valence-electron chi connectivity index (χ0n) is 18.6. The first kappa shape index (κ1) is 21.2. The third-order valence-electron chi connectivity index (χ3n) is 5.92. The van der Waals surface area contributed by atoms with Gasteiger partial charge in [-0.1, -0.05) is 70.2 Å². The van der Waals surface area contributed by atoms with Gasteiger partial charge in [0.1, 0.15) is 11.5 Å². The number of hydrogen-bond acceptors (Lipinski definition) is 2. The minimum Gasteiger partial charge on any atom is -0.507 e. The van der Waals surface area contributed by atoms with Crippen LogP contribution in [-0.2, 0) is 0 Å². The zero-order valence-corrected chi connectivity index (χ0v) is 18.6. The van der Waals surface area contributed by atoms with E-state index in [1.165, 1.54) is 0 Å². The number of phenolic OH excluding ortho intramolecular Hbond substituents is 2. The van der Waals surface area contributed by atoms with Crippen LogP contribution in [-0.4, -0.2) is 10.2 Å². The Morgan fingerprint density at radius 1 is 0.862 bits per heavy atom. The van der Waals surface area contributed by atoms with Crippen LogP contribution in [0.15, 0.2) is 48.5 Å². The summed E-state index contributed by atoms with van der Waals surface area (Å²) in [5, 5.41) is 24.2. The highest BCUT2D eigenvalue weighted by atomic mass is 16.3. The number of aromatic hydroxyl groups is 2. The van der Waals surface area contributed by atoms with Crippen molar-refractivity contribution < 1.29 is 10.2 Å². The Bertz CT molecular complexity index is 1010. The molecule has 29 heavy (non-hydrogen) atoms. The molecule has 154 valence electrons. The van der Waals surface area contributed by atoms with Gasteiger partial charge in [-0.25, -0.2) is 0 Å². The lowest BCUT2D eigenvalue weighted by atomic mass is 9.76. The van der Waals surface area contributed by atoms with Crippen molar-refractivity contribution in [1.29, 1.82) is 0 Å². The minimum absolute atomic E-state index is 0.0597. The fourth-order valence-corrected chi connectivity index (χ4v) is 4.73. The molecule has 0 saturated carbocycles. The van der Waals surface area contributed by atoms with Crippen molar-refractivity contribution in [2.24, 2.45) is 11.3 Å². The second-order valence-corrected chi connectivity index (χ2v) is 9.83. The summed E-state index contributed by atoms with van der Waals surface area (Å²) in [6, 6.07) is 16.2. The molecule has 2 N–H and O–H groups in total. The fourth-order valence-electron chi connectivity index (χ4n) is 4.73. The SMILES string of the molecule is Cc1cccc(C(CC(C)CC(C)(C)C)c2cc3ccccc3c(C)c2O)c1O. The van der Waals surface area contributed by atoms with Crippen molar-refractivity contribution in [3.05, 3.63) is 70.8 Å². The number of fused-ring (bicyclic) bond motifs is 1. The highest BCUT2D eigenvalue weighted by molar-refractivity contribution is 5.89. The Balaban J connectivity index is 2.16. The number of benzene rings is 3. The van der Waals surface area contributed by atoms with Crippen LogP contribution < -0.4 is 0 Å². The van der Waals surface area contributed by atoms with Gasteiger partial charge in [-0.3, -0.25) is 0 Å². The molecular weight excluding hydrogens is 356 g/mol. The maximum Gasteiger partial charge on any atom is 0.122 e. The molecule has 0 aromatic heterocycles. The van der Waals surface area contributed by atoms with Crippen molar-refractivity contribution in [2.75, 3.05) is 0 Å². The van der Waals surface area contributed by atoms with E-state index in [9.17, 15) is 10.2 Å². The summed E-state index contributed by atoms with van der Waals surface area (Å²) in [5.74, 6) is 1.07. The molecule has 2 atom stereocenters. The first-order valence-electron chi connectivity index (χ1n) is 10.6. The van der Waals surface area contributed by atoms with Crippen molar-refractivity contribution >= 4 is 10.8 Å². The van der Waals surface area contributed by atoms with E-state index in [4.69, 9.17) is 0 Å². The minimum atomic E-state index is -0.0597. The lowest BCUT2D eigenvalue weighted by Crippen LogP contribution is -2.15. The van der Waals surface area contributed by atoms with E-state index in [1.54, 1.807) is 0 Å². The van der Waals surface area contributed by atoms with E-state index in [-0.39, 0.29) is 11.3 Å². The molecule has 2 unspecified atom stereocenters. The van der Waals surface area contributed by atoms with Crippen LogP contribution in [0.2, 0.25) is 0 Å². The molecule has 3 aromatic carbocycles. The molecule has 2 nitrogen and oxygen atoms in total. The monoisotopic (exact) mass is 390 g/mol. The van der Waals surface area contributed by atoms with Crippen LogP contribution in [0, 0.1) is 25.2 Å². The summed E-state index contributed by atoms with van der Waals surface area (Å²) >= 11 is 0. The summed E-state index contributed by atoms with van der Waals surface area (Å²) < 4.78 is 0. The van der Waals surface area contributed by atoms with E-state index in [0.717, 1.165) is 45.9 Å². The smallest absolute Gasteiger partial charge is 0.122 e. The summed E-state index contributed by atoms with van der Waals surface area (Å²) in [4.78, 5) is 0. The summed E-state index contributed by atoms with van der Waals surface area (Å²) in [7, 11) is 0. The molecule has 0 aliphatic rings. The molecule has 0 bridgehead atoms. The molecular formula is C27H34O2. The quantitative estimate of drug-likeness (QED) is 0.474. The van der Waals surface area contributed by atoms with E-state index >= 15 is 0 Å². The molecule has 3 aromatic rings. The summed E-state index contributed by atoms with van der Waals surface area (Å²) in [6.45, 7) is 13.0. The Labute approximate surface area is 175 Å². The van der Waals surface area contributed by atoms with Crippen molar-refractivity contribution in [3.63, 3.8) is 0 Å². The standard InChI is InChI=1S/C27H34O2/c1-17(16-27(4,5)6)14-23(22-13-9-10-18(2)25(22)28)24-15-20-11-7-8-12-21(20)19(3)26(24)29/h7-13,15,17,23,28-29H,14,16H2,1-6H3. The van der Waals surface area contributed by atoms with Crippen LogP contribution in [0.25, 0.3) is 10.8 Å². The molecule has 2 heteroatoms. The molecule has 0 aliphatic carbocycles. The molecule has 0 aliphatic heterocycles. The lowest BCUT2D eigenvalue weighted by molar-refractivity contribution is 0.289. The maximum absolute atomic E-state index is 11.2. The van der Waals surface area contributed by atoms with Crippen LogP contribution in [0.4, 0.5) is 0 Å². The Morgan fingerprint density at radius 3 is 2.24 bits per heavy atom. The van der Waals surface area contributed by atoms with Crippen LogP contribution in [0.1, 0.15) is 68.7 Å². The van der Waals surface area contributed by atoms with Gasteiger partial charge in [0.05, 0.1) is 0 Å². The third kappa shape index (κ3) is 4.58. The first-order valence-corrected chi connectivity index (χ1v) is 10.6. The number of aryl methyl sites for hydroxylation is 2.